The lowest BCUT2D eigenvalue weighted by molar-refractivity contribution is 1.19. The van der Waals surface area contributed by atoms with Crippen molar-refractivity contribution in [2.45, 2.75) is 20.8 Å². The smallest absolute Gasteiger partial charge is 0.180 e. The highest BCUT2D eigenvalue weighted by molar-refractivity contribution is 5.73. The third-order valence-electron chi connectivity index (χ3n) is 1.89. The molecule has 0 spiro atoms. The van der Waals surface area contributed by atoms with E-state index in [4.69, 9.17) is 0 Å². The summed E-state index contributed by atoms with van der Waals surface area (Å²) < 4.78 is 0. The maximum atomic E-state index is 4.31. The highest BCUT2D eigenvalue weighted by Gasteiger charge is 2.01. The molecule has 15 heavy (non-hydrogen) atoms. The number of nitrogens with zero attached hydrogens (tertiary/aromatic N) is 3. The predicted octanol–water partition coefficient (Wildman–Crippen LogP) is 2.40. The summed E-state index contributed by atoms with van der Waals surface area (Å²) in [7, 11) is 1.84. The van der Waals surface area contributed by atoms with Gasteiger partial charge in [0.2, 0.25) is 0 Å². The summed E-state index contributed by atoms with van der Waals surface area (Å²) in [5.41, 5.74) is 2.59. The fraction of sp³-hybridized carbons (Fsp3) is 0.364. The predicted molar refractivity (Wildman–Crippen MR) is 63.0 cm³/mol. The van der Waals surface area contributed by atoms with E-state index in [1.165, 1.54) is 0 Å². The second-order valence-corrected chi connectivity index (χ2v) is 2.80. The van der Waals surface area contributed by atoms with Crippen LogP contribution < -0.4 is 5.32 Å². The normalized spacial score (nSPS) is 9.33. The molecule has 2 rings (SSSR count). The molecular weight excluding hydrogens is 188 g/mol. The molecule has 0 amide bonds. The first-order valence-electron chi connectivity index (χ1n) is 5.07. The van der Waals surface area contributed by atoms with E-state index in [9.17, 15) is 0 Å². The molecule has 0 unspecified atom stereocenters. The molecule has 2 aromatic rings. The first-order chi connectivity index (χ1) is 7.31. The van der Waals surface area contributed by atoms with Crippen LogP contribution in [0.5, 0.6) is 0 Å². The Labute approximate surface area is 89.8 Å². The van der Waals surface area contributed by atoms with Crippen molar-refractivity contribution in [3.05, 3.63) is 24.0 Å². The lowest BCUT2D eigenvalue weighted by Crippen LogP contribution is -1.97. The van der Waals surface area contributed by atoms with E-state index >= 15 is 0 Å². The number of pyridine rings is 1. The summed E-state index contributed by atoms with van der Waals surface area (Å²) in [6, 6.07) is 1.97. The Morgan fingerprint density at radius 2 is 1.80 bits per heavy atom. The van der Waals surface area contributed by atoms with E-state index < -0.39 is 0 Å². The van der Waals surface area contributed by atoms with Crippen LogP contribution in [0.4, 0.5) is 5.82 Å². The van der Waals surface area contributed by atoms with Crippen LogP contribution in [0.2, 0.25) is 0 Å². The van der Waals surface area contributed by atoms with Crippen LogP contribution in [-0.4, -0.2) is 22.0 Å². The molecule has 0 aliphatic rings. The summed E-state index contributed by atoms with van der Waals surface area (Å²) in [5.74, 6) is 0.855. The molecule has 0 aromatic carbocycles. The Morgan fingerprint density at radius 3 is 2.47 bits per heavy atom. The number of aryl methyl sites for hydroxylation is 1. The van der Waals surface area contributed by atoms with Crippen molar-refractivity contribution in [3.8, 4) is 0 Å². The lowest BCUT2D eigenvalue weighted by Gasteiger charge is -2.04. The van der Waals surface area contributed by atoms with Crippen LogP contribution in [0.15, 0.2) is 18.5 Å². The van der Waals surface area contributed by atoms with Gasteiger partial charge in [-0.05, 0) is 18.6 Å². The van der Waals surface area contributed by atoms with Crippen molar-refractivity contribution in [1.29, 1.82) is 0 Å². The third-order valence-corrected chi connectivity index (χ3v) is 1.89. The quantitative estimate of drug-likeness (QED) is 0.775. The van der Waals surface area contributed by atoms with Crippen molar-refractivity contribution in [3.63, 3.8) is 0 Å². The van der Waals surface area contributed by atoms with Crippen LogP contribution in [-0.2, 0) is 0 Å². The third kappa shape index (κ3) is 2.40. The van der Waals surface area contributed by atoms with Crippen LogP contribution in [0.3, 0.4) is 0 Å². The molecule has 2 aromatic heterocycles. The monoisotopic (exact) mass is 204 g/mol. The molecule has 4 nitrogen and oxygen atoms in total. The van der Waals surface area contributed by atoms with Crippen molar-refractivity contribution >= 4 is 17.0 Å². The van der Waals surface area contributed by atoms with Crippen LogP contribution in [0.1, 0.15) is 19.4 Å². The fourth-order valence-electron chi connectivity index (χ4n) is 1.25. The van der Waals surface area contributed by atoms with E-state index in [2.05, 4.69) is 20.3 Å². The first kappa shape index (κ1) is 11.4. The number of rotatable bonds is 1. The van der Waals surface area contributed by atoms with Gasteiger partial charge in [-0.2, -0.15) is 0 Å². The van der Waals surface area contributed by atoms with Gasteiger partial charge in [0, 0.05) is 19.4 Å². The summed E-state index contributed by atoms with van der Waals surface area (Å²) >= 11 is 0. The number of aromatic nitrogens is 3. The number of hydrogen-bond acceptors (Lipinski definition) is 4. The summed E-state index contributed by atoms with van der Waals surface area (Å²) in [6.07, 6.45) is 3.31. The van der Waals surface area contributed by atoms with E-state index in [1.54, 1.807) is 12.4 Å². The molecule has 0 radical (unpaired) electrons. The lowest BCUT2D eigenvalue weighted by atomic mass is 10.2. The van der Waals surface area contributed by atoms with Gasteiger partial charge < -0.3 is 5.32 Å². The van der Waals surface area contributed by atoms with Gasteiger partial charge in [-0.25, -0.2) is 9.97 Å². The zero-order valence-electron chi connectivity index (χ0n) is 9.57. The Kier molecular flexibility index (Phi) is 3.97. The van der Waals surface area contributed by atoms with Crippen molar-refractivity contribution in [1.82, 2.24) is 15.0 Å². The maximum absolute atomic E-state index is 4.31. The molecule has 0 atom stereocenters. The second-order valence-electron chi connectivity index (χ2n) is 2.80. The van der Waals surface area contributed by atoms with E-state index in [0.29, 0.717) is 5.65 Å². The standard InChI is InChI=1S/C9H10N4.C2H6/c1-6-5-7-9(12-4-3-11-7)13-8(6)10-2;1-2/h3-5H,1-2H3,(H,10,12,13);1-2H3. The minimum atomic E-state index is 0.678. The first-order valence-corrected chi connectivity index (χ1v) is 5.07. The molecular formula is C11H16N4. The Balaban J connectivity index is 0.000000531. The minimum absolute atomic E-state index is 0.678. The molecule has 0 aliphatic heterocycles. The van der Waals surface area contributed by atoms with Gasteiger partial charge in [0.15, 0.2) is 5.65 Å². The van der Waals surface area contributed by atoms with Crippen LogP contribution in [0.25, 0.3) is 11.2 Å². The average molecular weight is 204 g/mol. The summed E-state index contributed by atoms with van der Waals surface area (Å²) in [4.78, 5) is 12.6. The zero-order chi connectivity index (χ0) is 11.3. The summed E-state index contributed by atoms with van der Waals surface area (Å²) in [6.45, 7) is 5.99. The van der Waals surface area contributed by atoms with Crippen LogP contribution in [0, 0.1) is 6.92 Å². The van der Waals surface area contributed by atoms with Gasteiger partial charge in [0.05, 0.1) is 0 Å². The second kappa shape index (κ2) is 5.24. The zero-order valence-corrected chi connectivity index (χ0v) is 9.57. The Hall–Kier alpha value is -1.71. The molecule has 2 heterocycles. The number of anilines is 1. The van der Waals surface area contributed by atoms with Crippen LogP contribution >= 0.6 is 0 Å². The fourth-order valence-corrected chi connectivity index (χ4v) is 1.25. The molecule has 0 saturated carbocycles. The maximum Gasteiger partial charge on any atom is 0.180 e. The van der Waals surface area contributed by atoms with Gasteiger partial charge in [0.25, 0.3) is 0 Å². The van der Waals surface area contributed by atoms with Gasteiger partial charge >= 0.3 is 0 Å². The SMILES string of the molecule is CC.CNc1nc2nccnc2cc1C. The highest BCUT2D eigenvalue weighted by atomic mass is 15.0. The number of hydrogen-bond donors (Lipinski definition) is 1. The molecule has 4 heteroatoms. The Morgan fingerprint density at radius 1 is 1.13 bits per heavy atom. The van der Waals surface area contributed by atoms with Gasteiger partial charge in [-0.15, -0.1) is 0 Å². The summed E-state index contributed by atoms with van der Waals surface area (Å²) in [5, 5.41) is 3.01. The topological polar surface area (TPSA) is 50.7 Å². The highest BCUT2D eigenvalue weighted by Crippen LogP contribution is 2.15. The molecule has 1 N–H and O–H groups in total. The van der Waals surface area contributed by atoms with Crippen molar-refractivity contribution < 1.29 is 0 Å². The van der Waals surface area contributed by atoms with Gasteiger partial charge in [0.1, 0.15) is 11.3 Å². The van der Waals surface area contributed by atoms with Crippen molar-refractivity contribution in [2.24, 2.45) is 0 Å². The number of fused-ring (bicyclic) bond motifs is 1. The molecule has 0 bridgehead atoms. The largest absolute Gasteiger partial charge is 0.373 e. The molecule has 0 fully saturated rings. The van der Waals surface area contributed by atoms with E-state index in [1.807, 2.05) is 33.9 Å². The van der Waals surface area contributed by atoms with Gasteiger partial charge in [-0.1, -0.05) is 13.8 Å². The molecule has 0 saturated heterocycles. The molecule has 0 aliphatic carbocycles. The Bertz CT molecular complexity index is 440. The minimum Gasteiger partial charge on any atom is -0.373 e. The van der Waals surface area contributed by atoms with E-state index in [-0.39, 0.29) is 0 Å². The molecule has 80 valence electrons. The van der Waals surface area contributed by atoms with Gasteiger partial charge in [-0.3, -0.25) is 4.98 Å². The van der Waals surface area contributed by atoms with Crippen molar-refractivity contribution in [2.75, 3.05) is 12.4 Å². The number of nitrogens with one attached hydrogen (secondary N) is 1. The van der Waals surface area contributed by atoms with E-state index in [0.717, 1.165) is 16.9 Å². The average Bonchev–Trinajstić information content (AvgIpc) is 2.31.